The number of rotatable bonds is 3. The average Bonchev–Trinajstić information content (AvgIpc) is 2.76. The van der Waals surface area contributed by atoms with Gasteiger partial charge in [0.2, 0.25) is 0 Å². The zero-order valence-electron chi connectivity index (χ0n) is 8.51. The molecule has 0 bridgehead atoms. The smallest absolute Gasteiger partial charge is 0.265 e. The van der Waals surface area contributed by atoms with Gasteiger partial charge in [0.05, 0.1) is 17.6 Å². The molecule has 0 spiro atoms. The predicted molar refractivity (Wildman–Crippen MR) is 68.0 cm³/mol. The van der Waals surface area contributed by atoms with E-state index in [4.69, 9.17) is 5.73 Å². The first kappa shape index (κ1) is 11.9. The molecule has 0 aliphatic heterocycles. The van der Waals surface area contributed by atoms with E-state index in [0.29, 0.717) is 11.4 Å². The van der Waals surface area contributed by atoms with Crippen molar-refractivity contribution in [1.82, 2.24) is 10.2 Å². The van der Waals surface area contributed by atoms with Crippen LogP contribution in [0.5, 0.6) is 0 Å². The highest BCUT2D eigenvalue weighted by atomic mass is 79.9. The Labute approximate surface area is 106 Å². The van der Waals surface area contributed by atoms with Crippen molar-refractivity contribution in [3.8, 4) is 0 Å². The molecule has 6 nitrogen and oxygen atoms in total. The monoisotopic (exact) mass is 316 g/mol. The van der Waals surface area contributed by atoms with Crippen LogP contribution in [0.25, 0.3) is 0 Å². The number of benzene rings is 1. The number of hydrogen-bond acceptors (Lipinski definition) is 4. The van der Waals surface area contributed by atoms with Crippen LogP contribution in [0, 0.1) is 0 Å². The first-order valence-corrected chi connectivity index (χ1v) is 6.83. The van der Waals surface area contributed by atoms with E-state index in [2.05, 4.69) is 30.8 Å². The molecule has 2 aromatic rings. The quantitative estimate of drug-likeness (QED) is 0.748. The number of aromatic nitrogens is 2. The lowest BCUT2D eigenvalue weighted by Gasteiger charge is -2.08. The van der Waals surface area contributed by atoms with Crippen LogP contribution in [0.4, 0.5) is 11.4 Å². The number of anilines is 2. The Balaban J connectivity index is 2.33. The summed E-state index contributed by atoms with van der Waals surface area (Å²) in [5.74, 6) is 0. The van der Waals surface area contributed by atoms with Crippen molar-refractivity contribution >= 4 is 37.3 Å². The Morgan fingerprint density at radius 2 is 2.18 bits per heavy atom. The van der Waals surface area contributed by atoms with E-state index >= 15 is 0 Å². The van der Waals surface area contributed by atoms with Crippen molar-refractivity contribution in [3.05, 3.63) is 35.1 Å². The lowest BCUT2D eigenvalue weighted by molar-refractivity contribution is 0.601. The van der Waals surface area contributed by atoms with Crippen molar-refractivity contribution in [3.63, 3.8) is 0 Å². The number of nitrogen functional groups attached to an aromatic ring is 1. The molecular formula is C9H9BrN4O2S. The third kappa shape index (κ3) is 2.59. The van der Waals surface area contributed by atoms with Gasteiger partial charge in [-0.2, -0.15) is 5.10 Å². The van der Waals surface area contributed by atoms with E-state index in [0.717, 1.165) is 4.47 Å². The molecule has 1 heterocycles. The summed E-state index contributed by atoms with van der Waals surface area (Å²) >= 11 is 3.24. The van der Waals surface area contributed by atoms with Crippen molar-refractivity contribution in [1.29, 1.82) is 0 Å². The topological polar surface area (TPSA) is 101 Å². The Bertz CT molecular complexity index is 624. The van der Waals surface area contributed by atoms with Crippen LogP contribution >= 0.6 is 15.9 Å². The molecule has 90 valence electrons. The Kier molecular flexibility index (Phi) is 3.07. The highest BCUT2D eigenvalue weighted by Gasteiger charge is 2.16. The number of aromatic amines is 1. The maximum Gasteiger partial charge on any atom is 0.265 e. The fourth-order valence-electron chi connectivity index (χ4n) is 1.22. The molecule has 0 fully saturated rings. The van der Waals surface area contributed by atoms with Gasteiger partial charge in [-0.1, -0.05) is 15.9 Å². The van der Waals surface area contributed by atoms with Crippen molar-refractivity contribution in [2.75, 3.05) is 10.5 Å². The zero-order valence-corrected chi connectivity index (χ0v) is 10.9. The normalized spacial score (nSPS) is 11.4. The minimum absolute atomic E-state index is 0.0554. The summed E-state index contributed by atoms with van der Waals surface area (Å²) < 4.78 is 26.9. The van der Waals surface area contributed by atoms with Crippen LogP contribution in [0.1, 0.15) is 0 Å². The van der Waals surface area contributed by atoms with Gasteiger partial charge in [0.25, 0.3) is 10.0 Å². The molecule has 2 rings (SSSR count). The van der Waals surface area contributed by atoms with Gasteiger partial charge < -0.3 is 5.73 Å². The number of halogens is 1. The van der Waals surface area contributed by atoms with Gasteiger partial charge in [-0.3, -0.25) is 9.82 Å². The molecule has 8 heteroatoms. The van der Waals surface area contributed by atoms with Crippen molar-refractivity contribution in [2.45, 2.75) is 4.90 Å². The maximum atomic E-state index is 11.9. The molecule has 1 aromatic carbocycles. The summed E-state index contributed by atoms with van der Waals surface area (Å²) in [4.78, 5) is 0.0554. The van der Waals surface area contributed by atoms with Crippen LogP contribution in [-0.2, 0) is 10.0 Å². The summed E-state index contributed by atoms with van der Waals surface area (Å²) in [5, 5.41) is 6.02. The van der Waals surface area contributed by atoms with Crippen molar-refractivity contribution in [2.24, 2.45) is 0 Å². The van der Waals surface area contributed by atoms with E-state index in [1.165, 1.54) is 12.4 Å². The molecular weight excluding hydrogens is 308 g/mol. The molecule has 17 heavy (non-hydrogen) atoms. The van der Waals surface area contributed by atoms with Gasteiger partial charge in [0.15, 0.2) is 0 Å². The maximum absolute atomic E-state index is 11.9. The first-order chi connectivity index (χ1) is 7.99. The van der Waals surface area contributed by atoms with E-state index in [-0.39, 0.29) is 4.90 Å². The van der Waals surface area contributed by atoms with E-state index in [1.807, 2.05) is 0 Å². The zero-order chi connectivity index (χ0) is 12.5. The third-order valence-electron chi connectivity index (χ3n) is 2.04. The Morgan fingerprint density at radius 3 is 2.76 bits per heavy atom. The molecule has 0 unspecified atom stereocenters. The minimum Gasteiger partial charge on any atom is -0.397 e. The lowest BCUT2D eigenvalue weighted by atomic mass is 10.3. The summed E-state index contributed by atoms with van der Waals surface area (Å²) in [7, 11) is -3.64. The molecule has 1 aromatic heterocycles. The number of nitrogens with zero attached hydrogens (tertiary/aromatic N) is 1. The number of nitrogens with one attached hydrogen (secondary N) is 2. The molecule has 4 N–H and O–H groups in total. The van der Waals surface area contributed by atoms with Crippen molar-refractivity contribution < 1.29 is 8.42 Å². The summed E-state index contributed by atoms with van der Waals surface area (Å²) in [6.45, 7) is 0. The van der Waals surface area contributed by atoms with Gasteiger partial charge in [-0.05, 0) is 18.2 Å². The number of nitrogens with two attached hydrogens (primary N) is 1. The van der Waals surface area contributed by atoms with E-state index < -0.39 is 10.0 Å². The van der Waals surface area contributed by atoms with E-state index in [9.17, 15) is 8.42 Å². The first-order valence-electron chi connectivity index (χ1n) is 4.56. The molecule has 0 saturated heterocycles. The SMILES string of the molecule is Nc1cc(Br)ccc1NS(=O)(=O)c1cn[nH]c1. The summed E-state index contributed by atoms with van der Waals surface area (Å²) in [5.41, 5.74) is 6.37. The minimum atomic E-state index is -3.64. The van der Waals surface area contributed by atoms with Gasteiger partial charge in [0, 0.05) is 10.7 Å². The van der Waals surface area contributed by atoms with Gasteiger partial charge >= 0.3 is 0 Å². The largest absolute Gasteiger partial charge is 0.397 e. The van der Waals surface area contributed by atoms with Gasteiger partial charge in [-0.15, -0.1) is 0 Å². The third-order valence-corrected chi connectivity index (χ3v) is 3.87. The predicted octanol–water partition coefficient (Wildman–Crippen LogP) is 1.56. The molecule has 0 atom stereocenters. The van der Waals surface area contributed by atoms with Crippen LogP contribution in [0.2, 0.25) is 0 Å². The van der Waals surface area contributed by atoms with Crippen LogP contribution in [0.15, 0.2) is 40.0 Å². The summed E-state index contributed by atoms with van der Waals surface area (Å²) in [6, 6.07) is 4.90. The average molecular weight is 317 g/mol. The Hall–Kier alpha value is -1.54. The Morgan fingerprint density at radius 1 is 1.41 bits per heavy atom. The molecule has 0 radical (unpaired) electrons. The fraction of sp³-hybridized carbons (Fsp3) is 0. The highest BCUT2D eigenvalue weighted by Crippen LogP contribution is 2.25. The summed E-state index contributed by atoms with van der Waals surface area (Å²) in [6.07, 6.45) is 2.51. The standard InChI is InChI=1S/C9H9BrN4O2S/c10-6-1-2-9(8(11)3-6)14-17(15,16)7-4-12-13-5-7/h1-5,14H,11H2,(H,12,13). The van der Waals surface area contributed by atoms with Gasteiger partial charge in [-0.25, -0.2) is 8.42 Å². The number of sulfonamides is 1. The molecule has 0 saturated carbocycles. The highest BCUT2D eigenvalue weighted by molar-refractivity contribution is 9.10. The van der Waals surface area contributed by atoms with Crippen LogP contribution in [0.3, 0.4) is 0 Å². The molecule has 0 aliphatic rings. The lowest BCUT2D eigenvalue weighted by Crippen LogP contribution is -2.13. The fourth-order valence-corrected chi connectivity index (χ4v) is 2.59. The van der Waals surface area contributed by atoms with E-state index in [1.54, 1.807) is 18.2 Å². The number of hydrogen-bond donors (Lipinski definition) is 3. The van der Waals surface area contributed by atoms with Gasteiger partial charge in [0.1, 0.15) is 4.90 Å². The molecule has 0 aliphatic carbocycles. The second-order valence-corrected chi connectivity index (χ2v) is 5.87. The second-order valence-electron chi connectivity index (χ2n) is 3.27. The molecule has 0 amide bonds. The van der Waals surface area contributed by atoms with Crippen LogP contribution in [-0.4, -0.2) is 18.6 Å². The second kappa shape index (κ2) is 4.38. The van der Waals surface area contributed by atoms with Crippen LogP contribution < -0.4 is 10.5 Å². The number of H-pyrrole nitrogens is 1.